The molecular formula is C20H21N3O3S. The van der Waals surface area contributed by atoms with E-state index in [-0.39, 0.29) is 17.1 Å². The zero-order valence-electron chi connectivity index (χ0n) is 15.5. The lowest BCUT2D eigenvalue weighted by atomic mass is 10.2. The average Bonchev–Trinajstić information content (AvgIpc) is 3.07. The van der Waals surface area contributed by atoms with Crippen molar-refractivity contribution in [1.82, 2.24) is 9.58 Å². The minimum atomic E-state index is -0.259. The minimum absolute atomic E-state index is 0.216. The molecule has 1 aliphatic heterocycles. The fourth-order valence-corrected chi connectivity index (χ4v) is 3.77. The van der Waals surface area contributed by atoms with Gasteiger partial charge in [-0.3, -0.25) is 29.4 Å². The second kappa shape index (κ2) is 7.84. The quantitative estimate of drug-likeness (QED) is 0.794. The SMILES string of the molecule is CCCN1C(=O)S/C(=C\c2cc(C)n(NC(=O)c3ccccc3)c2C)C1=O. The first kappa shape index (κ1) is 19.0. The topological polar surface area (TPSA) is 71.4 Å². The number of imide groups is 1. The molecule has 0 spiro atoms. The lowest BCUT2D eigenvalue weighted by molar-refractivity contribution is -0.122. The Labute approximate surface area is 162 Å². The van der Waals surface area contributed by atoms with Crippen molar-refractivity contribution in [2.24, 2.45) is 0 Å². The van der Waals surface area contributed by atoms with Gasteiger partial charge in [-0.2, -0.15) is 0 Å². The summed E-state index contributed by atoms with van der Waals surface area (Å²) in [6.45, 7) is 6.09. The van der Waals surface area contributed by atoms with Crippen molar-refractivity contribution in [2.75, 3.05) is 12.0 Å². The van der Waals surface area contributed by atoms with Gasteiger partial charge >= 0.3 is 0 Å². The molecule has 0 saturated carbocycles. The summed E-state index contributed by atoms with van der Waals surface area (Å²) in [5, 5.41) is -0.237. The molecule has 3 rings (SSSR count). The van der Waals surface area contributed by atoms with Gasteiger partial charge in [-0.05, 0) is 61.9 Å². The van der Waals surface area contributed by atoms with Gasteiger partial charge in [-0.1, -0.05) is 25.1 Å². The standard InChI is InChI=1S/C20H21N3O3S/c1-4-10-22-19(25)17(27-20(22)26)12-16-11-13(2)23(14(16)3)21-18(24)15-8-6-5-7-9-15/h5-9,11-12H,4,10H2,1-3H3,(H,21,24)/b17-12-. The maximum atomic E-state index is 12.4. The van der Waals surface area contributed by atoms with E-state index in [9.17, 15) is 14.4 Å². The highest BCUT2D eigenvalue weighted by atomic mass is 32.2. The predicted octanol–water partition coefficient (Wildman–Crippen LogP) is 3.94. The van der Waals surface area contributed by atoms with Gasteiger partial charge in [-0.25, -0.2) is 0 Å². The number of aromatic nitrogens is 1. The highest BCUT2D eigenvalue weighted by molar-refractivity contribution is 8.18. The Kier molecular flexibility index (Phi) is 5.51. The molecule has 1 aromatic carbocycles. The van der Waals surface area contributed by atoms with Crippen LogP contribution in [-0.2, 0) is 4.79 Å². The van der Waals surface area contributed by atoms with Crippen LogP contribution in [0.25, 0.3) is 6.08 Å². The fourth-order valence-electron chi connectivity index (χ4n) is 2.92. The second-order valence-corrected chi connectivity index (χ2v) is 7.30. The summed E-state index contributed by atoms with van der Waals surface area (Å²) in [6.07, 6.45) is 2.44. The Morgan fingerprint density at radius 1 is 1.19 bits per heavy atom. The number of aryl methyl sites for hydroxylation is 1. The first-order chi connectivity index (χ1) is 12.9. The molecule has 3 amide bonds. The van der Waals surface area contributed by atoms with Crippen LogP contribution in [-0.4, -0.2) is 33.2 Å². The molecule has 1 aromatic heterocycles. The van der Waals surface area contributed by atoms with Crippen LogP contribution in [0.15, 0.2) is 41.3 Å². The van der Waals surface area contributed by atoms with E-state index >= 15 is 0 Å². The number of benzene rings is 1. The first-order valence-corrected chi connectivity index (χ1v) is 9.54. The van der Waals surface area contributed by atoms with Crippen molar-refractivity contribution in [3.05, 3.63) is 63.8 Å². The van der Waals surface area contributed by atoms with Gasteiger partial charge in [0.25, 0.3) is 17.1 Å². The molecule has 1 N–H and O–H groups in total. The molecule has 0 atom stereocenters. The van der Waals surface area contributed by atoms with E-state index in [1.54, 1.807) is 22.9 Å². The molecule has 0 bridgehead atoms. The summed E-state index contributed by atoms with van der Waals surface area (Å²) in [6, 6.07) is 10.8. The van der Waals surface area contributed by atoms with Crippen molar-refractivity contribution >= 4 is 34.9 Å². The third-order valence-corrected chi connectivity index (χ3v) is 5.23. The van der Waals surface area contributed by atoms with E-state index in [1.165, 1.54) is 4.90 Å². The predicted molar refractivity (Wildman–Crippen MR) is 107 cm³/mol. The van der Waals surface area contributed by atoms with Gasteiger partial charge in [0.15, 0.2) is 0 Å². The van der Waals surface area contributed by atoms with Crippen LogP contribution in [0.2, 0.25) is 0 Å². The molecular weight excluding hydrogens is 362 g/mol. The lowest BCUT2D eigenvalue weighted by Crippen LogP contribution is -2.28. The van der Waals surface area contributed by atoms with Crippen molar-refractivity contribution < 1.29 is 14.4 Å². The van der Waals surface area contributed by atoms with Gasteiger partial charge in [0.1, 0.15) is 0 Å². The summed E-state index contributed by atoms with van der Waals surface area (Å²) in [5.41, 5.74) is 5.85. The number of hydrogen-bond acceptors (Lipinski definition) is 4. The average molecular weight is 383 g/mol. The number of rotatable bonds is 5. The Morgan fingerprint density at radius 2 is 1.89 bits per heavy atom. The third kappa shape index (κ3) is 3.83. The van der Waals surface area contributed by atoms with Crippen molar-refractivity contribution in [3.8, 4) is 0 Å². The summed E-state index contributed by atoms with van der Waals surface area (Å²) < 4.78 is 1.69. The van der Waals surface area contributed by atoms with Gasteiger partial charge in [0.2, 0.25) is 0 Å². The second-order valence-electron chi connectivity index (χ2n) is 6.30. The van der Waals surface area contributed by atoms with Crippen molar-refractivity contribution in [3.63, 3.8) is 0 Å². The van der Waals surface area contributed by atoms with Crippen LogP contribution < -0.4 is 5.43 Å². The molecule has 0 aliphatic carbocycles. The van der Waals surface area contributed by atoms with Crippen molar-refractivity contribution in [1.29, 1.82) is 0 Å². The number of thioether (sulfide) groups is 1. The number of amides is 3. The van der Waals surface area contributed by atoms with Crippen molar-refractivity contribution in [2.45, 2.75) is 27.2 Å². The summed E-state index contributed by atoms with van der Waals surface area (Å²) in [4.78, 5) is 38.5. The zero-order chi connectivity index (χ0) is 19.6. The van der Waals surface area contributed by atoms with Gasteiger partial charge in [-0.15, -0.1) is 0 Å². The van der Waals surface area contributed by atoms with Crippen LogP contribution in [0.4, 0.5) is 4.79 Å². The summed E-state index contributed by atoms with van der Waals surface area (Å²) in [7, 11) is 0. The van der Waals surface area contributed by atoms with Gasteiger partial charge in [0.05, 0.1) is 4.91 Å². The number of carbonyl (C=O) groups is 3. The summed E-state index contributed by atoms with van der Waals surface area (Å²) in [5.74, 6) is -0.475. The summed E-state index contributed by atoms with van der Waals surface area (Å²) >= 11 is 0.953. The molecule has 140 valence electrons. The highest BCUT2D eigenvalue weighted by Gasteiger charge is 2.34. The van der Waals surface area contributed by atoms with E-state index in [0.29, 0.717) is 17.0 Å². The normalized spacial score (nSPS) is 15.7. The van der Waals surface area contributed by atoms with E-state index in [0.717, 1.165) is 35.1 Å². The molecule has 0 unspecified atom stereocenters. The Morgan fingerprint density at radius 3 is 2.56 bits per heavy atom. The molecule has 27 heavy (non-hydrogen) atoms. The Balaban J connectivity index is 1.85. The minimum Gasteiger partial charge on any atom is -0.268 e. The zero-order valence-corrected chi connectivity index (χ0v) is 16.3. The number of nitrogens with zero attached hydrogens (tertiary/aromatic N) is 2. The van der Waals surface area contributed by atoms with Crippen LogP contribution in [0.1, 0.15) is 40.7 Å². The molecule has 2 aromatic rings. The molecule has 1 saturated heterocycles. The molecule has 2 heterocycles. The van der Waals surface area contributed by atoms with Crippen LogP contribution in [0.5, 0.6) is 0 Å². The molecule has 7 heteroatoms. The Hall–Kier alpha value is -2.80. The lowest BCUT2D eigenvalue weighted by Gasteiger charge is -2.11. The van der Waals surface area contributed by atoms with Crippen LogP contribution in [0, 0.1) is 13.8 Å². The number of hydrogen-bond donors (Lipinski definition) is 1. The smallest absolute Gasteiger partial charge is 0.268 e. The van der Waals surface area contributed by atoms with Gasteiger partial charge < -0.3 is 0 Å². The molecule has 0 radical (unpaired) electrons. The van der Waals surface area contributed by atoms with E-state index in [2.05, 4.69) is 5.43 Å². The first-order valence-electron chi connectivity index (χ1n) is 8.73. The largest absolute Gasteiger partial charge is 0.293 e. The molecule has 1 aliphatic rings. The molecule has 6 nitrogen and oxygen atoms in total. The number of carbonyl (C=O) groups excluding carboxylic acids is 3. The monoisotopic (exact) mass is 383 g/mol. The highest BCUT2D eigenvalue weighted by Crippen LogP contribution is 2.33. The number of nitrogens with one attached hydrogen (secondary N) is 1. The third-order valence-electron chi connectivity index (χ3n) is 4.33. The Bertz CT molecular complexity index is 931. The van der Waals surface area contributed by atoms with E-state index in [4.69, 9.17) is 0 Å². The van der Waals surface area contributed by atoms with E-state index < -0.39 is 0 Å². The van der Waals surface area contributed by atoms with Gasteiger partial charge in [0, 0.05) is 23.5 Å². The maximum absolute atomic E-state index is 12.4. The fraction of sp³-hybridized carbons (Fsp3) is 0.250. The molecule has 1 fully saturated rings. The van der Waals surface area contributed by atoms with E-state index in [1.807, 2.05) is 45.0 Å². The van der Waals surface area contributed by atoms with Crippen LogP contribution in [0.3, 0.4) is 0 Å². The maximum Gasteiger partial charge on any atom is 0.293 e. The van der Waals surface area contributed by atoms with Crippen LogP contribution >= 0.6 is 11.8 Å².